The van der Waals surface area contributed by atoms with Crippen LogP contribution in [0.25, 0.3) is 0 Å². The highest BCUT2D eigenvalue weighted by atomic mass is 28.4. The maximum Gasteiger partial charge on any atom is 0.334 e. The van der Waals surface area contributed by atoms with Crippen molar-refractivity contribution < 1.29 is 13.6 Å². The van der Waals surface area contributed by atoms with Gasteiger partial charge in [-0.05, 0) is 32.0 Å². The highest BCUT2D eigenvalue weighted by Gasteiger charge is 2.27. The molecule has 0 aromatic heterocycles. The molecule has 0 bridgehead atoms. The predicted octanol–water partition coefficient (Wildman–Crippen LogP) is 2.28. The minimum Gasteiger partial charge on any atom is -0.398 e. The molecule has 0 saturated heterocycles. The van der Waals surface area contributed by atoms with Gasteiger partial charge in [0.1, 0.15) is 0 Å². The van der Waals surface area contributed by atoms with Gasteiger partial charge in [0.15, 0.2) is 5.78 Å². The average molecular weight is 216 g/mol. The Labute approximate surface area is 87.4 Å². The van der Waals surface area contributed by atoms with Crippen LogP contribution in [0.15, 0.2) is 12.2 Å². The van der Waals surface area contributed by atoms with E-state index in [1.165, 1.54) is 0 Å². The molecule has 0 aromatic rings. The molecule has 0 atom stereocenters. The Hall–Kier alpha value is -0.453. The maximum absolute atomic E-state index is 11.2. The van der Waals surface area contributed by atoms with Crippen molar-refractivity contribution in [3.63, 3.8) is 0 Å². The van der Waals surface area contributed by atoms with Crippen LogP contribution in [0.1, 0.15) is 19.8 Å². The number of hydrogen-bond acceptors (Lipinski definition) is 3. The molecular formula is C10H20O3Si. The maximum atomic E-state index is 11.2. The van der Waals surface area contributed by atoms with Crippen molar-refractivity contribution >= 4 is 14.3 Å². The zero-order valence-corrected chi connectivity index (χ0v) is 10.5. The molecule has 0 saturated carbocycles. The van der Waals surface area contributed by atoms with Crippen molar-refractivity contribution in [3.05, 3.63) is 12.2 Å². The second-order valence-corrected chi connectivity index (χ2v) is 6.95. The molecule has 14 heavy (non-hydrogen) atoms. The first-order valence-electron chi connectivity index (χ1n) is 4.84. The molecule has 0 radical (unpaired) electrons. The molecule has 0 aromatic carbocycles. The molecule has 3 nitrogen and oxygen atoms in total. The minimum atomic E-state index is -1.96. The van der Waals surface area contributed by atoms with Crippen LogP contribution in [-0.2, 0) is 13.6 Å². The van der Waals surface area contributed by atoms with E-state index in [4.69, 9.17) is 8.85 Å². The summed E-state index contributed by atoms with van der Waals surface area (Å²) in [6.07, 6.45) is 4.80. The van der Waals surface area contributed by atoms with Gasteiger partial charge in [-0.2, -0.15) is 0 Å². The Balaban J connectivity index is 3.77. The highest BCUT2D eigenvalue weighted by Crippen LogP contribution is 2.15. The molecule has 82 valence electrons. The first-order valence-corrected chi connectivity index (χ1v) is 7.36. The van der Waals surface area contributed by atoms with Crippen LogP contribution in [-0.4, -0.2) is 28.6 Å². The molecule has 0 spiro atoms. The van der Waals surface area contributed by atoms with E-state index >= 15 is 0 Å². The van der Waals surface area contributed by atoms with Crippen LogP contribution < -0.4 is 0 Å². The predicted molar refractivity (Wildman–Crippen MR) is 59.5 cm³/mol. The first-order chi connectivity index (χ1) is 6.58. The largest absolute Gasteiger partial charge is 0.398 e. The van der Waals surface area contributed by atoms with Gasteiger partial charge in [-0.3, -0.25) is 4.79 Å². The second kappa shape index (κ2) is 6.92. The summed E-state index contributed by atoms with van der Waals surface area (Å²) in [5, 5.41) is 0. The second-order valence-electron chi connectivity index (χ2n) is 3.36. The van der Waals surface area contributed by atoms with Crippen LogP contribution in [0, 0.1) is 0 Å². The number of carbonyl (C=O) groups is 1. The third kappa shape index (κ3) is 5.31. The fraction of sp³-hybridized carbons (Fsp3) is 0.700. The summed E-state index contributed by atoms with van der Waals surface area (Å²) in [4.78, 5) is 11.2. The Morgan fingerprint density at radius 2 is 1.93 bits per heavy atom. The van der Waals surface area contributed by atoms with Gasteiger partial charge in [0.05, 0.1) is 0 Å². The smallest absolute Gasteiger partial charge is 0.334 e. The van der Waals surface area contributed by atoms with Crippen LogP contribution in [0.2, 0.25) is 12.6 Å². The molecule has 0 amide bonds. The fourth-order valence-corrected chi connectivity index (χ4v) is 2.53. The molecule has 0 aliphatic rings. The van der Waals surface area contributed by atoms with Gasteiger partial charge in [-0.15, -0.1) is 0 Å². The normalized spacial score (nSPS) is 12.3. The Bertz CT molecular complexity index is 198. The average Bonchev–Trinajstić information content (AvgIpc) is 2.18. The van der Waals surface area contributed by atoms with Crippen molar-refractivity contribution in [3.8, 4) is 0 Å². The fourth-order valence-electron chi connectivity index (χ4n) is 1.14. The van der Waals surface area contributed by atoms with E-state index in [1.54, 1.807) is 26.4 Å². The van der Waals surface area contributed by atoms with E-state index < -0.39 is 8.56 Å². The van der Waals surface area contributed by atoms with Crippen molar-refractivity contribution in [2.24, 2.45) is 0 Å². The SMILES string of the molecule is CC=CC(=O)CCC[Si](C)(OC)OC. The van der Waals surface area contributed by atoms with Gasteiger partial charge >= 0.3 is 8.56 Å². The molecule has 0 heterocycles. The van der Waals surface area contributed by atoms with Gasteiger partial charge in [-0.1, -0.05) is 6.08 Å². The van der Waals surface area contributed by atoms with Crippen molar-refractivity contribution in [1.82, 2.24) is 0 Å². The Kier molecular flexibility index (Phi) is 6.70. The number of hydrogen-bond donors (Lipinski definition) is 0. The molecule has 0 N–H and O–H groups in total. The quantitative estimate of drug-likeness (QED) is 0.484. The van der Waals surface area contributed by atoms with Crippen molar-refractivity contribution in [1.29, 1.82) is 0 Å². The summed E-state index contributed by atoms with van der Waals surface area (Å²) < 4.78 is 10.6. The lowest BCUT2D eigenvalue weighted by molar-refractivity contribution is -0.114. The zero-order chi connectivity index (χ0) is 11.0. The molecule has 0 unspecified atom stereocenters. The first kappa shape index (κ1) is 13.5. The summed E-state index contributed by atoms with van der Waals surface area (Å²) in [7, 11) is 1.38. The summed E-state index contributed by atoms with van der Waals surface area (Å²) in [6.45, 7) is 3.86. The van der Waals surface area contributed by atoms with E-state index in [9.17, 15) is 4.79 Å². The van der Waals surface area contributed by atoms with Crippen LogP contribution >= 0.6 is 0 Å². The van der Waals surface area contributed by atoms with E-state index in [-0.39, 0.29) is 5.78 Å². The highest BCUT2D eigenvalue weighted by molar-refractivity contribution is 6.65. The standard InChI is InChI=1S/C10H20O3Si/c1-5-7-10(11)8-6-9-14(4,12-2)13-3/h5,7H,6,8-9H2,1-4H3. The molecular weight excluding hydrogens is 196 g/mol. The number of rotatable bonds is 7. The third-order valence-corrected chi connectivity index (χ3v) is 5.26. The summed E-state index contributed by atoms with van der Waals surface area (Å²) in [5.41, 5.74) is 0. The van der Waals surface area contributed by atoms with E-state index in [2.05, 4.69) is 0 Å². The van der Waals surface area contributed by atoms with Gasteiger partial charge < -0.3 is 8.85 Å². The van der Waals surface area contributed by atoms with Crippen LogP contribution in [0.5, 0.6) is 0 Å². The summed E-state index contributed by atoms with van der Waals surface area (Å²) in [6, 6.07) is 0.864. The van der Waals surface area contributed by atoms with E-state index in [0.29, 0.717) is 6.42 Å². The monoisotopic (exact) mass is 216 g/mol. The molecule has 0 aliphatic carbocycles. The van der Waals surface area contributed by atoms with Crippen molar-refractivity contribution in [2.75, 3.05) is 14.2 Å². The van der Waals surface area contributed by atoms with Gasteiger partial charge in [-0.25, -0.2) is 0 Å². The molecule has 4 heteroatoms. The lowest BCUT2D eigenvalue weighted by atomic mass is 10.2. The van der Waals surface area contributed by atoms with E-state index in [0.717, 1.165) is 12.5 Å². The van der Waals surface area contributed by atoms with Gasteiger partial charge in [0, 0.05) is 20.6 Å². The minimum absolute atomic E-state index is 0.177. The van der Waals surface area contributed by atoms with Crippen molar-refractivity contribution in [2.45, 2.75) is 32.4 Å². The van der Waals surface area contributed by atoms with Crippen LogP contribution in [0.3, 0.4) is 0 Å². The number of carbonyl (C=O) groups excluding carboxylic acids is 1. The van der Waals surface area contributed by atoms with Gasteiger partial charge in [0.2, 0.25) is 0 Å². The molecule has 0 aliphatic heterocycles. The third-order valence-electron chi connectivity index (χ3n) is 2.27. The summed E-state index contributed by atoms with van der Waals surface area (Å²) >= 11 is 0. The summed E-state index contributed by atoms with van der Waals surface area (Å²) in [5.74, 6) is 0.177. The number of ketones is 1. The lowest BCUT2D eigenvalue weighted by Crippen LogP contribution is -2.35. The zero-order valence-electron chi connectivity index (χ0n) is 9.50. The number of allylic oxidation sites excluding steroid dienone is 2. The Morgan fingerprint density at radius 1 is 1.36 bits per heavy atom. The molecule has 0 rings (SSSR count). The van der Waals surface area contributed by atoms with Gasteiger partial charge in [0.25, 0.3) is 0 Å². The molecule has 0 fully saturated rings. The van der Waals surface area contributed by atoms with E-state index in [1.807, 2.05) is 13.5 Å². The topological polar surface area (TPSA) is 35.5 Å². The lowest BCUT2D eigenvalue weighted by Gasteiger charge is -2.22. The Morgan fingerprint density at radius 3 is 2.36 bits per heavy atom. The van der Waals surface area contributed by atoms with Crippen LogP contribution in [0.4, 0.5) is 0 Å².